The van der Waals surface area contributed by atoms with Crippen LogP contribution in [0.1, 0.15) is 60.7 Å². The number of thiophene rings is 1. The van der Waals surface area contributed by atoms with E-state index in [1.807, 2.05) is 16.3 Å². The van der Waals surface area contributed by atoms with E-state index < -0.39 is 0 Å². The van der Waals surface area contributed by atoms with Gasteiger partial charge in [-0.05, 0) is 75.5 Å². The highest BCUT2D eigenvalue weighted by molar-refractivity contribution is 7.12. The number of nitrogens with zero attached hydrogens (tertiary/aromatic N) is 2. The average molecular weight is 418 g/mol. The van der Waals surface area contributed by atoms with Gasteiger partial charge in [0.25, 0.3) is 0 Å². The highest BCUT2D eigenvalue weighted by atomic mass is 32.1. The van der Waals surface area contributed by atoms with Gasteiger partial charge < -0.3 is 15.1 Å². The number of piperidine rings is 2. The maximum atomic E-state index is 12.6. The monoisotopic (exact) mass is 417 g/mol. The number of hydrogen-bond acceptors (Lipinski definition) is 5. The molecule has 1 saturated carbocycles. The second-order valence-corrected chi connectivity index (χ2v) is 9.67. The van der Waals surface area contributed by atoms with Crippen LogP contribution in [0, 0.1) is 5.92 Å². The maximum absolute atomic E-state index is 12.6. The number of hydrogen-bond donors (Lipinski definition) is 1. The Morgan fingerprint density at radius 3 is 2.31 bits per heavy atom. The minimum atomic E-state index is 0.0586. The lowest BCUT2D eigenvalue weighted by atomic mass is 9.92. The molecule has 0 bridgehead atoms. The SMILES string of the molecule is CC(=O)c1cc(CC(=O)N2CCC(N3CCC(C(=O)NC4CC4)CC3)CC2)cs1. The molecule has 4 rings (SSSR count). The van der Waals surface area contributed by atoms with Crippen LogP contribution in [0.4, 0.5) is 0 Å². The fourth-order valence-electron chi connectivity index (χ4n) is 4.49. The Labute approximate surface area is 176 Å². The fourth-order valence-corrected chi connectivity index (χ4v) is 5.31. The smallest absolute Gasteiger partial charge is 0.227 e. The largest absolute Gasteiger partial charge is 0.353 e. The van der Waals surface area contributed by atoms with E-state index in [0.717, 1.165) is 75.1 Å². The molecule has 29 heavy (non-hydrogen) atoms. The number of Topliss-reactive ketones (excluding diaryl/α,β-unsaturated/α-hetero) is 1. The lowest BCUT2D eigenvalue weighted by molar-refractivity contribution is -0.132. The molecule has 3 aliphatic rings. The molecule has 0 atom stereocenters. The second kappa shape index (κ2) is 8.96. The van der Waals surface area contributed by atoms with Crippen molar-refractivity contribution in [1.82, 2.24) is 15.1 Å². The summed E-state index contributed by atoms with van der Waals surface area (Å²) >= 11 is 1.42. The van der Waals surface area contributed by atoms with Gasteiger partial charge in [0.05, 0.1) is 11.3 Å². The van der Waals surface area contributed by atoms with Crippen molar-refractivity contribution in [3.63, 3.8) is 0 Å². The molecular formula is C22H31N3O3S. The number of nitrogens with one attached hydrogen (secondary N) is 1. The summed E-state index contributed by atoms with van der Waals surface area (Å²) in [5.74, 6) is 0.656. The molecule has 1 aliphatic carbocycles. The Morgan fingerprint density at radius 2 is 1.72 bits per heavy atom. The van der Waals surface area contributed by atoms with Crippen LogP contribution in [-0.2, 0) is 16.0 Å². The molecule has 1 aromatic heterocycles. The molecule has 2 amide bonds. The molecule has 0 aromatic carbocycles. The minimum absolute atomic E-state index is 0.0586. The van der Waals surface area contributed by atoms with E-state index >= 15 is 0 Å². The Morgan fingerprint density at radius 1 is 1.03 bits per heavy atom. The van der Waals surface area contributed by atoms with Crippen molar-refractivity contribution in [2.75, 3.05) is 26.2 Å². The molecule has 0 spiro atoms. The van der Waals surface area contributed by atoms with Gasteiger partial charge in [0, 0.05) is 31.1 Å². The second-order valence-electron chi connectivity index (χ2n) is 8.76. The third kappa shape index (κ3) is 5.25. The molecule has 3 fully saturated rings. The normalized spacial score (nSPS) is 21.9. The molecule has 1 N–H and O–H groups in total. The van der Waals surface area contributed by atoms with Gasteiger partial charge in [-0.3, -0.25) is 14.4 Å². The molecule has 7 heteroatoms. The first-order chi connectivity index (χ1) is 14.0. The summed E-state index contributed by atoms with van der Waals surface area (Å²) in [6.07, 6.45) is 6.59. The van der Waals surface area contributed by atoms with Crippen molar-refractivity contribution < 1.29 is 14.4 Å². The molecular weight excluding hydrogens is 386 g/mol. The highest BCUT2D eigenvalue weighted by Crippen LogP contribution is 2.26. The Hall–Kier alpha value is -1.73. The summed E-state index contributed by atoms with van der Waals surface area (Å²) in [6, 6.07) is 2.82. The zero-order chi connectivity index (χ0) is 20.4. The number of likely N-dealkylation sites (tertiary alicyclic amines) is 2. The zero-order valence-corrected chi connectivity index (χ0v) is 18.0. The van der Waals surface area contributed by atoms with Gasteiger partial charge in [0.2, 0.25) is 11.8 Å². The van der Waals surface area contributed by atoms with E-state index in [2.05, 4.69) is 10.2 Å². The molecule has 0 radical (unpaired) electrons. The molecule has 6 nitrogen and oxygen atoms in total. The van der Waals surface area contributed by atoms with Gasteiger partial charge in [-0.25, -0.2) is 0 Å². The van der Waals surface area contributed by atoms with Gasteiger partial charge in [-0.15, -0.1) is 11.3 Å². The summed E-state index contributed by atoms with van der Waals surface area (Å²) in [7, 11) is 0. The third-order valence-electron chi connectivity index (χ3n) is 6.51. The lowest BCUT2D eigenvalue weighted by Gasteiger charge is -2.41. The molecule has 0 unspecified atom stereocenters. The van der Waals surface area contributed by atoms with Crippen molar-refractivity contribution in [2.45, 2.75) is 64.0 Å². The first-order valence-electron chi connectivity index (χ1n) is 10.9. The number of ketones is 1. The van der Waals surface area contributed by atoms with Crippen LogP contribution < -0.4 is 5.32 Å². The van der Waals surface area contributed by atoms with Crippen molar-refractivity contribution in [3.8, 4) is 0 Å². The van der Waals surface area contributed by atoms with E-state index in [0.29, 0.717) is 18.5 Å². The van der Waals surface area contributed by atoms with Crippen LogP contribution in [0.25, 0.3) is 0 Å². The van der Waals surface area contributed by atoms with Crippen LogP contribution in [0.3, 0.4) is 0 Å². The quantitative estimate of drug-likeness (QED) is 0.722. The average Bonchev–Trinajstić information content (AvgIpc) is 3.42. The third-order valence-corrected chi connectivity index (χ3v) is 7.59. The van der Waals surface area contributed by atoms with Crippen LogP contribution in [0.5, 0.6) is 0 Å². The van der Waals surface area contributed by atoms with Gasteiger partial charge in [-0.1, -0.05) is 0 Å². The predicted molar refractivity (Wildman–Crippen MR) is 113 cm³/mol. The topological polar surface area (TPSA) is 69.7 Å². The van der Waals surface area contributed by atoms with Gasteiger partial charge in [0.15, 0.2) is 5.78 Å². The number of amides is 2. The summed E-state index contributed by atoms with van der Waals surface area (Å²) < 4.78 is 0. The van der Waals surface area contributed by atoms with E-state index in [4.69, 9.17) is 0 Å². The van der Waals surface area contributed by atoms with Crippen LogP contribution in [0.15, 0.2) is 11.4 Å². The van der Waals surface area contributed by atoms with E-state index in [-0.39, 0.29) is 23.5 Å². The number of carbonyl (C=O) groups excluding carboxylic acids is 3. The predicted octanol–water partition coefficient (Wildman–Crippen LogP) is 2.47. The highest BCUT2D eigenvalue weighted by Gasteiger charge is 2.33. The summed E-state index contributed by atoms with van der Waals surface area (Å²) in [5.41, 5.74) is 0.943. The van der Waals surface area contributed by atoms with Gasteiger partial charge in [-0.2, -0.15) is 0 Å². The van der Waals surface area contributed by atoms with Gasteiger partial charge in [0.1, 0.15) is 0 Å². The lowest BCUT2D eigenvalue weighted by Crippen LogP contribution is -2.50. The molecule has 2 saturated heterocycles. The minimum Gasteiger partial charge on any atom is -0.353 e. The Balaban J connectivity index is 1.19. The first kappa shape index (κ1) is 20.5. The van der Waals surface area contributed by atoms with Crippen molar-refractivity contribution >= 4 is 28.9 Å². The van der Waals surface area contributed by atoms with Crippen LogP contribution in [0.2, 0.25) is 0 Å². The standard InChI is InChI=1S/C22H31N3O3S/c1-15(26)20-12-16(14-29-20)13-21(27)25-10-6-19(7-11-25)24-8-4-17(5-9-24)22(28)23-18-2-3-18/h12,14,17-19H,2-11,13H2,1H3,(H,23,28). The van der Waals surface area contributed by atoms with Crippen LogP contribution in [-0.4, -0.2) is 65.7 Å². The number of rotatable bonds is 6. The fraction of sp³-hybridized carbons (Fsp3) is 0.682. The Bertz CT molecular complexity index is 757. The maximum Gasteiger partial charge on any atom is 0.227 e. The summed E-state index contributed by atoms with van der Waals surface area (Å²) in [6.45, 7) is 5.14. The summed E-state index contributed by atoms with van der Waals surface area (Å²) in [5, 5.41) is 5.07. The van der Waals surface area contributed by atoms with Gasteiger partial charge >= 0.3 is 0 Å². The Kier molecular flexibility index (Phi) is 6.35. The summed E-state index contributed by atoms with van der Waals surface area (Å²) in [4.78, 5) is 41.5. The van der Waals surface area contributed by atoms with E-state index in [1.165, 1.54) is 11.3 Å². The van der Waals surface area contributed by atoms with E-state index in [9.17, 15) is 14.4 Å². The molecule has 2 aliphatic heterocycles. The first-order valence-corrected chi connectivity index (χ1v) is 11.8. The van der Waals surface area contributed by atoms with Crippen molar-refractivity contribution in [1.29, 1.82) is 0 Å². The molecule has 1 aromatic rings. The number of carbonyl (C=O) groups is 3. The van der Waals surface area contributed by atoms with Crippen molar-refractivity contribution in [2.24, 2.45) is 5.92 Å². The zero-order valence-electron chi connectivity index (χ0n) is 17.2. The van der Waals surface area contributed by atoms with E-state index in [1.54, 1.807) is 6.92 Å². The van der Waals surface area contributed by atoms with Crippen molar-refractivity contribution in [3.05, 3.63) is 21.9 Å². The molecule has 158 valence electrons. The molecule has 3 heterocycles. The van der Waals surface area contributed by atoms with Crippen LogP contribution >= 0.6 is 11.3 Å².